The fraction of sp³-hybridized carbons (Fsp3) is 0.0952. The second kappa shape index (κ2) is 9.58. The molecule has 1 N–H and O–H groups in total. The number of hydrogen-bond acceptors (Lipinski definition) is 4. The van der Waals surface area contributed by atoms with Gasteiger partial charge in [0.25, 0.3) is 0 Å². The molecule has 1 heterocycles. The first kappa shape index (κ1) is 20.9. The molecule has 5 nitrogen and oxygen atoms in total. The molecule has 148 valence electrons. The van der Waals surface area contributed by atoms with Gasteiger partial charge in [-0.3, -0.25) is 14.5 Å². The van der Waals surface area contributed by atoms with Gasteiger partial charge in [-0.15, -0.1) is 11.3 Å². The molecule has 29 heavy (non-hydrogen) atoms. The molecule has 0 aliphatic carbocycles. The predicted octanol–water partition coefficient (Wildman–Crippen LogP) is 5.06. The highest BCUT2D eigenvalue weighted by atomic mass is 79.9. The Labute approximate surface area is 180 Å². The van der Waals surface area contributed by atoms with Crippen LogP contribution in [0, 0.1) is 5.82 Å². The van der Waals surface area contributed by atoms with Gasteiger partial charge in [0.2, 0.25) is 11.8 Å². The molecule has 1 aromatic heterocycles. The number of nitrogens with one attached hydrogen (secondary N) is 1. The fourth-order valence-corrected chi connectivity index (χ4v) is 3.95. The highest BCUT2D eigenvalue weighted by molar-refractivity contribution is 9.10. The van der Waals surface area contributed by atoms with Crippen molar-refractivity contribution in [2.24, 2.45) is 0 Å². The summed E-state index contributed by atoms with van der Waals surface area (Å²) in [5.74, 6) is -0.853. The summed E-state index contributed by atoms with van der Waals surface area (Å²) in [5.41, 5.74) is 1.94. The molecular formula is C21H17BrFN3O2S. The highest BCUT2D eigenvalue weighted by Gasteiger charge is 2.17. The van der Waals surface area contributed by atoms with Gasteiger partial charge >= 0.3 is 0 Å². The van der Waals surface area contributed by atoms with Crippen molar-refractivity contribution in [3.63, 3.8) is 0 Å². The largest absolute Gasteiger partial charge is 0.348 e. The van der Waals surface area contributed by atoms with E-state index in [1.54, 1.807) is 17.5 Å². The fourth-order valence-electron chi connectivity index (χ4n) is 2.58. The average molecular weight is 474 g/mol. The lowest BCUT2D eigenvalue weighted by Gasteiger charge is -2.17. The minimum atomic E-state index is -0.373. The van der Waals surface area contributed by atoms with Crippen LogP contribution < -0.4 is 10.2 Å². The van der Waals surface area contributed by atoms with Gasteiger partial charge in [-0.25, -0.2) is 9.37 Å². The highest BCUT2D eigenvalue weighted by Crippen LogP contribution is 2.29. The van der Waals surface area contributed by atoms with Gasteiger partial charge in [0.15, 0.2) is 5.13 Å². The Morgan fingerprint density at radius 3 is 2.69 bits per heavy atom. The van der Waals surface area contributed by atoms with Gasteiger partial charge in [-0.2, -0.15) is 0 Å². The lowest BCUT2D eigenvalue weighted by atomic mass is 10.2. The van der Waals surface area contributed by atoms with Crippen LogP contribution in [0.25, 0.3) is 6.08 Å². The third kappa shape index (κ3) is 5.82. The van der Waals surface area contributed by atoms with Crippen molar-refractivity contribution in [3.05, 3.63) is 81.5 Å². The number of benzene rings is 2. The van der Waals surface area contributed by atoms with Gasteiger partial charge in [0, 0.05) is 29.4 Å². The smallest absolute Gasteiger partial charge is 0.244 e. The molecular weight excluding hydrogens is 457 g/mol. The molecule has 0 aliphatic heterocycles. The summed E-state index contributed by atoms with van der Waals surface area (Å²) < 4.78 is 14.0. The summed E-state index contributed by atoms with van der Waals surface area (Å²) in [6, 6.07) is 13.7. The van der Waals surface area contributed by atoms with E-state index in [9.17, 15) is 14.0 Å². The van der Waals surface area contributed by atoms with Crippen LogP contribution in [0.15, 0.2) is 64.5 Å². The van der Waals surface area contributed by atoms with Gasteiger partial charge in [-0.05, 0) is 42.0 Å². The lowest BCUT2D eigenvalue weighted by Crippen LogP contribution is -2.22. The minimum absolute atomic E-state index is 0.153. The summed E-state index contributed by atoms with van der Waals surface area (Å²) in [4.78, 5) is 30.0. The standard InChI is InChI=1S/C21H17BrFN3O2S/c1-14(27)26(19-5-3-2-4-6-19)21-25-18(13-29-21)7-8-20(28)24-12-15-9-16(22)11-17(23)10-15/h2-11,13H,12H2,1H3,(H,24,28)/b8-7+. The van der Waals surface area contributed by atoms with Crippen LogP contribution in [0.2, 0.25) is 0 Å². The number of rotatable bonds is 6. The lowest BCUT2D eigenvalue weighted by molar-refractivity contribution is -0.117. The second-order valence-electron chi connectivity index (χ2n) is 6.07. The predicted molar refractivity (Wildman–Crippen MR) is 116 cm³/mol. The number of nitrogens with zero attached hydrogens (tertiary/aromatic N) is 2. The van der Waals surface area contributed by atoms with Crippen LogP contribution in [0.5, 0.6) is 0 Å². The monoisotopic (exact) mass is 473 g/mol. The third-order valence-corrected chi connectivity index (χ3v) is 5.13. The number of halogens is 2. The van der Waals surface area contributed by atoms with E-state index in [-0.39, 0.29) is 24.2 Å². The van der Waals surface area contributed by atoms with Crippen molar-refractivity contribution >= 4 is 56.0 Å². The van der Waals surface area contributed by atoms with Crippen molar-refractivity contribution in [1.29, 1.82) is 0 Å². The van der Waals surface area contributed by atoms with E-state index in [0.717, 1.165) is 5.69 Å². The normalized spacial score (nSPS) is 10.9. The summed E-state index contributed by atoms with van der Waals surface area (Å²) in [6.45, 7) is 1.68. The number of amides is 2. The Hall–Kier alpha value is -2.84. The average Bonchev–Trinajstić information content (AvgIpc) is 3.13. The Kier molecular flexibility index (Phi) is 6.90. The number of hydrogen-bond donors (Lipinski definition) is 1. The Morgan fingerprint density at radius 2 is 2.00 bits per heavy atom. The van der Waals surface area contributed by atoms with E-state index in [2.05, 4.69) is 26.2 Å². The van der Waals surface area contributed by atoms with Crippen LogP contribution in [0.4, 0.5) is 15.2 Å². The molecule has 0 aliphatic rings. The number of para-hydroxylation sites is 1. The van der Waals surface area contributed by atoms with Crippen molar-refractivity contribution < 1.29 is 14.0 Å². The van der Waals surface area contributed by atoms with Crippen molar-refractivity contribution in [1.82, 2.24) is 10.3 Å². The number of thiazole rings is 1. The van der Waals surface area contributed by atoms with Crippen LogP contribution in [-0.2, 0) is 16.1 Å². The quantitative estimate of drug-likeness (QED) is 0.509. The van der Waals surface area contributed by atoms with Crippen molar-refractivity contribution in [2.75, 3.05) is 4.90 Å². The van der Waals surface area contributed by atoms with E-state index in [4.69, 9.17) is 0 Å². The molecule has 0 saturated carbocycles. The van der Waals surface area contributed by atoms with E-state index in [0.29, 0.717) is 20.9 Å². The van der Waals surface area contributed by atoms with E-state index >= 15 is 0 Å². The summed E-state index contributed by atoms with van der Waals surface area (Å²) in [6.07, 6.45) is 2.92. The zero-order valence-electron chi connectivity index (χ0n) is 15.4. The maximum absolute atomic E-state index is 13.4. The summed E-state index contributed by atoms with van der Waals surface area (Å²) >= 11 is 4.53. The summed E-state index contributed by atoms with van der Waals surface area (Å²) in [5, 5.41) is 4.98. The van der Waals surface area contributed by atoms with Crippen LogP contribution in [-0.4, -0.2) is 16.8 Å². The molecule has 3 aromatic rings. The Balaban J connectivity index is 1.65. The Bertz CT molecular complexity index is 1030. The third-order valence-electron chi connectivity index (χ3n) is 3.82. The Morgan fingerprint density at radius 1 is 1.24 bits per heavy atom. The number of aromatic nitrogens is 1. The first-order valence-corrected chi connectivity index (χ1v) is 10.3. The van der Waals surface area contributed by atoms with Crippen LogP contribution in [0.1, 0.15) is 18.2 Å². The summed E-state index contributed by atoms with van der Waals surface area (Å²) in [7, 11) is 0. The molecule has 0 saturated heterocycles. The van der Waals surface area contributed by atoms with Crippen LogP contribution in [0.3, 0.4) is 0 Å². The zero-order valence-corrected chi connectivity index (χ0v) is 17.8. The minimum Gasteiger partial charge on any atom is -0.348 e. The molecule has 0 atom stereocenters. The zero-order chi connectivity index (χ0) is 20.8. The molecule has 0 bridgehead atoms. The van der Waals surface area contributed by atoms with Gasteiger partial charge in [0.05, 0.1) is 11.4 Å². The van der Waals surface area contributed by atoms with E-state index in [1.807, 2.05) is 30.3 Å². The number of anilines is 2. The van der Waals surface area contributed by atoms with Gasteiger partial charge < -0.3 is 5.32 Å². The number of carbonyl (C=O) groups is 2. The molecule has 3 rings (SSSR count). The number of carbonyl (C=O) groups excluding carboxylic acids is 2. The SMILES string of the molecule is CC(=O)N(c1ccccc1)c1nc(/C=C/C(=O)NCc2cc(F)cc(Br)c2)cs1. The van der Waals surface area contributed by atoms with Crippen LogP contribution >= 0.6 is 27.3 Å². The molecule has 2 aromatic carbocycles. The van der Waals surface area contributed by atoms with Gasteiger partial charge in [-0.1, -0.05) is 34.1 Å². The molecule has 0 unspecified atom stereocenters. The van der Waals surface area contributed by atoms with E-state index in [1.165, 1.54) is 41.4 Å². The molecule has 8 heteroatoms. The maximum Gasteiger partial charge on any atom is 0.244 e. The topological polar surface area (TPSA) is 62.3 Å². The second-order valence-corrected chi connectivity index (χ2v) is 7.83. The van der Waals surface area contributed by atoms with E-state index < -0.39 is 0 Å². The molecule has 0 fully saturated rings. The van der Waals surface area contributed by atoms with Crippen molar-refractivity contribution in [3.8, 4) is 0 Å². The molecule has 2 amide bonds. The van der Waals surface area contributed by atoms with Crippen molar-refractivity contribution in [2.45, 2.75) is 13.5 Å². The van der Waals surface area contributed by atoms with Gasteiger partial charge in [0.1, 0.15) is 5.82 Å². The maximum atomic E-state index is 13.4. The first-order chi connectivity index (χ1) is 13.9. The first-order valence-electron chi connectivity index (χ1n) is 8.64. The molecule has 0 spiro atoms. The molecule has 0 radical (unpaired) electrons.